The number of carbonyl (C=O) groups is 1. The number of nitrogens with zero attached hydrogens (tertiary/aromatic N) is 2. The number of aliphatic hydroxyl groups is 1. The number of benzene rings is 1. The third-order valence-corrected chi connectivity index (χ3v) is 6.59. The summed E-state index contributed by atoms with van der Waals surface area (Å²) in [5.74, 6) is -0.465. The summed E-state index contributed by atoms with van der Waals surface area (Å²) in [7, 11) is -4.14. The predicted octanol–water partition coefficient (Wildman–Crippen LogP) is 2.29. The van der Waals surface area contributed by atoms with E-state index in [4.69, 9.17) is 30.1 Å². The molecule has 33 heavy (non-hydrogen) atoms. The van der Waals surface area contributed by atoms with Crippen LogP contribution in [0.1, 0.15) is 26.5 Å². The molecule has 0 radical (unpaired) electrons. The van der Waals surface area contributed by atoms with E-state index >= 15 is 0 Å². The Labute approximate surface area is 195 Å². The van der Waals surface area contributed by atoms with Crippen molar-refractivity contribution in [2.75, 3.05) is 13.2 Å². The highest BCUT2D eigenvalue weighted by molar-refractivity contribution is 7.52. The summed E-state index contributed by atoms with van der Waals surface area (Å²) in [6.07, 6.45) is 0.267. The number of rotatable bonds is 10. The van der Waals surface area contributed by atoms with Gasteiger partial charge in [0.2, 0.25) is 0 Å². The molecule has 0 aliphatic carbocycles. The molecule has 0 spiro atoms. The van der Waals surface area contributed by atoms with Gasteiger partial charge in [-0.2, -0.15) is 5.09 Å². The summed E-state index contributed by atoms with van der Waals surface area (Å²) < 4.78 is 36.4. The molecule has 1 aromatic heterocycles. The molecule has 2 aromatic rings. The summed E-state index contributed by atoms with van der Waals surface area (Å²) in [4.78, 5) is 27.6. The van der Waals surface area contributed by atoms with E-state index in [2.05, 4.69) is 10.1 Å². The van der Waals surface area contributed by atoms with Crippen molar-refractivity contribution in [1.29, 1.82) is 0 Å². The highest BCUT2D eigenvalue weighted by Gasteiger charge is 2.39. The molecule has 0 amide bonds. The van der Waals surface area contributed by atoms with Crippen LogP contribution >= 0.6 is 19.3 Å². The maximum Gasteiger partial charge on any atom is 0.459 e. The zero-order valence-corrected chi connectivity index (χ0v) is 19.6. The Kier molecular flexibility index (Phi) is 8.63. The third kappa shape index (κ3) is 6.86. The van der Waals surface area contributed by atoms with Crippen LogP contribution in [0.4, 0.5) is 0 Å². The summed E-state index contributed by atoms with van der Waals surface area (Å²) >= 11 is 5.88. The first-order valence-electron chi connectivity index (χ1n) is 10.2. The average molecular weight is 502 g/mol. The third-order valence-electron chi connectivity index (χ3n) is 4.69. The molecule has 1 saturated heterocycles. The van der Waals surface area contributed by atoms with E-state index in [-0.39, 0.29) is 25.4 Å². The minimum Gasteiger partial charge on any atom is -0.465 e. The van der Waals surface area contributed by atoms with Crippen LogP contribution in [0.3, 0.4) is 0 Å². The van der Waals surface area contributed by atoms with E-state index in [1.54, 1.807) is 13.0 Å². The first kappa shape index (κ1) is 25.4. The predicted molar refractivity (Wildman–Crippen MR) is 118 cm³/mol. The number of nitrogens with one attached hydrogen (secondary N) is 1. The fourth-order valence-electron chi connectivity index (χ4n) is 3.08. The first-order chi connectivity index (χ1) is 15.7. The average Bonchev–Trinajstić information content (AvgIpc) is 3.15. The quantitative estimate of drug-likeness (QED) is 0.368. The molecular formula is C20H25ClN3O8P. The first-order valence-corrected chi connectivity index (χ1v) is 12.1. The number of carbonyl (C=O) groups excluding carboxylic acids is 1. The number of hydrogen-bond donors (Lipinski definition) is 2. The number of esters is 1. The lowest BCUT2D eigenvalue weighted by Crippen LogP contribution is -2.36. The molecule has 1 aliphatic heterocycles. The van der Waals surface area contributed by atoms with Gasteiger partial charge < -0.3 is 19.1 Å². The van der Waals surface area contributed by atoms with Crippen LogP contribution in [0.15, 0.2) is 47.5 Å². The van der Waals surface area contributed by atoms with Crippen LogP contribution in [0.25, 0.3) is 0 Å². The van der Waals surface area contributed by atoms with Crippen molar-refractivity contribution in [3.05, 3.63) is 58.2 Å². The second-order valence-corrected chi connectivity index (χ2v) is 9.31. The van der Waals surface area contributed by atoms with E-state index < -0.39 is 43.9 Å². The Morgan fingerprint density at radius 3 is 2.82 bits per heavy atom. The van der Waals surface area contributed by atoms with Gasteiger partial charge in [-0.1, -0.05) is 11.6 Å². The number of hydrogen-bond acceptors (Lipinski definition) is 9. The van der Waals surface area contributed by atoms with Gasteiger partial charge in [0.05, 0.1) is 19.3 Å². The smallest absolute Gasteiger partial charge is 0.459 e. The Balaban J connectivity index is 1.71. The molecule has 3 rings (SSSR count). The molecule has 1 fully saturated rings. The summed E-state index contributed by atoms with van der Waals surface area (Å²) in [5.41, 5.74) is -0.530. The van der Waals surface area contributed by atoms with Crippen LogP contribution < -0.4 is 15.3 Å². The van der Waals surface area contributed by atoms with Gasteiger partial charge in [-0.05, 0) is 44.2 Å². The summed E-state index contributed by atoms with van der Waals surface area (Å²) in [6.45, 7) is 2.89. The zero-order chi connectivity index (χ0) is 24.0. The normalized spacial score (nSPS) is 23.0. The van der Waals surface area contributed by atoms with Crippen molar-refractivity contribution in [3.8, 4) is 5.75 Å². The van der Waals surface area contributed by atoms with E-state index in [0.29, 0.717) is 5.02 Å². The SMILES string of the molecule is CCOC(=O)[C@H](C)NP(=O)(OC[C@H]1O[C@@H](n2cccnc2=O)C[C@@H]1O)Oc1ccc(Cl)cc1. The van der Waals surface area contributed by atoms with E-state index in [9.17, 15) is 19.3 Å². The summed E-state index contributed by atoms with van der Waals surface area (Å²) in [5, 5.41) is 13.4. The van der Waals surface area contributed by atoms with Gasteiger partial charge in [0.15, 0.2) is 0 Å². The van der Waals surface area contributed by atoms with Gasteiger partial charge in [-0.15, -0.1) is 0 Å². The Bertz CT molecular complexity index is 1050. The van der Waals surface area contributed by atoms with Crippen LogP contribution in [-0.2, 0) is 23.4 Å². The maximum absolute atomic E-state index is 13.5. The van der Waals surface area contributed by atoms with Crippen molar-refractivity contribution < 1.29 is 33.0 Å². The van der Waals surface area contributed by atoms with Gasteiger partial charge in [0.1, 0.15) is 24.1 Å². The van der Waals surface area contributed by atoms with Crippen molar-refractivity contribution in [2.24, 2.45) is 0 Å². The Morgan fingerprint density at radius 1 is 1.42 bits per heavy atom. The highest BCUT2D eigenvalue weighted by Crippen LogP contribution is 2.46. The lowest BCUT2D eigenvalue weighted by molar-refractivity contribution is -0.144. The van der Waals surface area contributed by atoms with Gasteiger partial charge in [0.25, 0.3) is 0 Å². The van der Waals surface area contributed by atoms with Crippen molar-refractivity contribution in [1.82, 2.24) is 14.6 Å². The molecular weight excluding hydrogens is 477 g/mol. The van der Waals surface area contributed by atoms with Gasteiger partial charge in [0, 0.05) is 23.8 Å². The standard InChI is InChI=1S/C20H25ClN3O8P/c1-3-29-19(26)13(2)23-33(28,32-15-7-5-14(21)6-8-15)30-12-17-16(25)11-18(31-17)24-10-4-9-22-20(24)27/h4-10,13,16-18,25H,3,11-12H2,1-2H3,(H,23,28)/t13-,16-,17+,18+,33?/m0/s1. The molecule has 1 aromatic carbocycles. The largest absolute Gasteiger partial charge is 0.465 e. The summed E-state index contributed by atoms with van der Waals surface area (Å²) in [6, 6.07) is 6.60. The van der Waals surface area contributed by atoms with Crippen molar-refractivity contribution >= 4 is 25.3 Å². The lowest BCUT2D eigenvalue weighted by Gasteiger charge is -2.24. The number of halogens is 1. The number of aliphatic hydroxyl groups excluding tert-OH is 1. The fourth-order valence-corrected chi connectivity index (χ4v) is 4.70. The molecule has 1 aliphatic rings. The van der Waals surface area contributed by atoms with Crippen LogP contribution in [0.2, 0.25) is 5.02 Å². The molecule has 180 valence electrons. The maximum atomic E-state index is 13.5. The van der Waals surface area contributed by atoms with Gasteiger partial charge in [-0.3, -0.25) is 13.9 Å². The lowest BCUT2D eigenvalue weighted by atomic mass is 10.2. The molecule has 11 nitrogen and oxygen atoms in total. The van der Waals surface area contributed by atoms with Gasteiger partial charge >= 0.3 is 19.4 Å². The molecule has 0 bridgehead atoms. The Hall–Kier alpha value is -2.27. The van der Waals surface area contributed by atoms with E-state index in [1.807, 2.05) is 0 Å². The molecule has 2 heterocycles. The molecule has 5 atom stereocenters. The van der Waals surface area contributed by atoms with E-state index in [1.165, 1.54) is 48.1 Å². The molecule has 2 N–H and O–H groups in total. The minimum absolute atomic E-state index is 0.106. The second-order valence-electron chi connectivity index (χ2n) is 7.18. The topological polar surface area (TPSA) is 138 Å². The number of ether oxygens (including phenoxy) is 2. The van der Waals surface area contributed by atoms with E-state index in [0.717, 1.165) is 0 Å². The Morgan fingerprint density at radius 2 is 2.15 bits per heavy atom. The molecule has 13 heteroatoms. The fraction of sp³-hybridized carbons (Fsp3) is 0.450. The van der Waals surface area contributed by atoms with Crippen LogP contribution in [0, 0.1) is 0 Å². The number of aromatic nitrogens is 2. The minimum atomic E-state index is -4.14. The van der Waals surface area contributed by atoms with Crippen molar-refractivity contribution in [2.45, 2.75) is 44.7 Å². The van der Waals surface area contributed by atoms with Gasteiger partial charge in [-0.25, -0.2) is 14.3 Å². The second kappa shape index (κ2) is 11.2. The van der Waals surface area contributed by atoms with Crippen molar-refractivity contribution in [3.63, 3.8) is 0 Å². The van der Waals surface area contributed by atoms with Crippen LogP contribution in [-0.4, -0.2) is 52.1 Å². The zero-order valence-electron chi connectivity index (χ0n) is 18.0. The monoisotopic (exact) mass is 501 g/mol. The highest BCUT2D eigenvalue weighted by atomic mass is 35.5. The van der Waals surface area contributed by atoms with Crippen LogP contribution in [0.5, 0.6) is 5.75 Å². The molecule has 0 saturated carbocycles. The molecule has 1 unspecified atom stereocenters.